The number of amides is 2. The van der Waals surface area contributed by atoms with Gasteiger partial charge in [0.25, 0.3) is 0 Å². The van der Waals surface area contributed by atoms with E-state index in [1.165, 1.54) is 0 Å². The van der Waals surface area contributed by atoms with Gasteiger partial charge in [-0.15, -0.1) is 0 Å². The van der Waals surface area contributed by atoms with Crippen LogP contribution in [0.25, 0.3) is 0 Å². The van der Waals surface area contributed by atoms with E-state index in [0.717, 1.165) is 30.4 Å². The first kappa shape index (κ1) is 22.7. The third kappa shape index (κ3) is 7.37. The van der Waals surface area contributed by atoms with E-state index in [0.29, 0.717) is 19.5 Å². The number of benzene rings is 2. The van der Waals surface area contributed by atoms with E-state index in [1.807, 2.05) is 74.5 Å². The Hall–Kier alpha value is -2.62. The van der Waals surface area contributed by atoms with E-state index in [1.54, 1.807) is 4.90 Å². The Morgan fingerprint density at radius 3 is 2.03 bits per heavy atom. The summed E-state index contributed by atoms with van der Waals surface area (Å²) in [7, 11) is 0. The molecule has 0 saturated carbocycles. The van der Waals surface area contributed by atoms with Crippen molar-refractivity contribution in [1.29, 1.82) is 0 Å². The number of unbranched alkanes of at least 4 members (excludes halogenated alkanes) is 2. The monoisotopic (exact) mass is 394 g/mol. The highest BCUT2D eigenvalue weighted by Gasteiger charge is 2.31. The summed E-state index contributed by atoms with van der Waals surface area (Å²) in [6.07, 6.45) is 3.65. The van der Waals surface area contributed by atoms with Crippen LogP contribution >= 0.6 is 0 Å². The quantitative estimate of drug-likeness (QED) is 0.567. The molecule has 29 heavy (non-hydrogen) atoms. The topological polar surface area (TPSA) is 49.4 Å². The second kappa shape index (κ2) is 12.1. The molecule has 0 aliphatic heterocycles. The van der Waals surface area contributed by atoms with Gasteiger partial charge >= 0.3 is 0 Å². The van der Waals surface area contributed by atoms with Crippen LogP contribution < -0.4 is 5.32 Å². The smallest absolute Gasteiger partial charge is 0.243 e. The lowest BCUT2D eigenvalue weighted by Crippen LogP contribution is -2.51. The highest BCUT2D eigenvalue weighted by Crippen LogP contribution is 2.17. The molecule has 1 N–H and O–H groups in total. The Morgan fingerprint density at radius 2 is 1.48 bits per heavy atom. The normalized spacial score (nSPS) is 11.9. The van der Waals surface area contributed by atoms with Gasteiger partial charge in [0.1, 0.15) is 6.04 Å². The third-order valence-corrected chi connectivity index (χ3v) is 5.00. The molecule has 156 valence electrons. The van der Waals surface area contributed by atoms with Crippen LogP contribution in [0.3, 0.4) is 0 Å². The van der Waals surface area contributed by atoms with Crippen LogP contribution in [0.15, 0.2) is 60.7 Å². The van der Waals surface area contributed by atoms with Gasteiger partial charge in [-0.05, 0) is 17.5 Å². The van der Waals surface area contributed by atoms with E-state index < -0.39 is 6.04 Å². The van der Waals surface area contributed by atoms with Gasteiger partial charge in [-0.1, -0.05) is 94.3 Å². The van der Waals surface area contributed by atoms with E-state index in [9.17, 15) is 9.59 Å². The summed E-state index contributed by atoms with van der Waals surface area (Å²) < 4.78 is 0. The van der Waals surface area contributed by atoms with Crippen molar-refractivity contribution in [3.8, 4) is 0 Å². The molecule has 0 spiro atoms. The van der Waals surface area contributed by atoms with Gasteiger partial charge in [0.15, 0.2) is 0 Å². The molecule has 0 bridgehead atoms. The van der Waals surface area contributed by atoms with Crippen molar-refractivity contribution >= 4 is 11.8 Å². The lowest BCUT2D eigenvalue weighted by Gasteiger charge is -2.32. The Morgan fingerprint density at radius 1 is 0.897 bits per heavy atom. The predicted molar refractivity (Wildman–Crippen MR) is 118 cm³/mol. The van der Waals surface area contributed by atoms with Crippen LogP contribution in [0, 0.1) is 5.92 Å². The summed E-state index contributed by atoms with van der Waals surface area (Å²) >= 11 is 0. The van der Waals surface area contributed by atoms with Crippen LogP contribution in [-0.4, -0.2) is 29.3 Å². The minimum atomic E-state index is -0.533. The number of hydrogen-bond acceptors (Lipinski definition) is 2. The number of hydrogen-bond donors (Lipinski definition) is 1. The summed E-state index contributed by atoms with van der Waals surface area (Å²) in [5, 5.41) is 3.07. The summed E-state index contributed by atoms with van der Waals surface area (Å²) in [5.74, 6) is -0.252. The molecule has 0 aliphatic rings. The molecule has 2 rings (SSSR count). The highest BCUT2D eigenvalue weighted by molar-refractivity contribution is 5.88. The minimum Gasteiger partial charge on any atom is -0.354 e. The Kier molecular flexibility index (Phi) is 9.42. The van der Waals surface area contributed by atoms with Crippen LogP contribution in [0.4, 0.5) is 0 Å². The lowest BCUT2D eigenvalue weighted by atomic mass is 10.0. The van der Waals surface area contributed by atoms with Gasteiger partial charge in [-0.25, -0.2) is 0 Å². The van der Waals surface area contributed by atoms with Crippen molar-refractivity contribution in [1.82, 2.24) is 10.2 Å². The third-order valence-electron chi connectivity index (χ3n) is 5.00. The SMILES string of the molecule is CCCCCNC(=O)[C@H](Cc1ccccc1)N(Cc1ccccc1)C(=O)C(C)C. The van der Waals surface area contributed by atoms with Gasteiger partial charge in [0, 0.05) is 25.4 Å². The van der Waals surface area contributed by atoms with E-state index in [4.69, 9.17) is 0 Å². The molecule has 0 aliphatic carbocycles. The molecule has 1 atom stereocenters. The van der Waals surface area contributed by atoms with E-state index in [2.05, 4.69) is 12.2 Å². The molecule has 0 saturated heterocycles. The molecular formula is C25H34N2O2. The second-order valence-corrected chi connectivity index (χ2v) is 7.81. The second-order valence-electron chi connectivity index (χ2n) is 7.81. The molecule has 0 aromatic heterocycles. The molecule has 4 heteroatoms. The first-order valence-corrected chi connectivity index (χ1v) is 10.7. The van der Waals surface area contributed by atoms with Gasteiger partial charge in [0.05, 0.1) is 0 Å². The molecule has 0 unspecified atom stereocenters. The molecule has 2 aromatic rings. The number of nitrogens with one attached hydrogen (secondary N) is 1. The van der Waals surface area contributed by atoms with Crippen molar-refractivity contribution in [3.63, 3.8) is 0 Å². The number of rotatable bonds is 11. The standard InChI is InChI=1S/C25H34N2O2/c1-4-5-12-17-26-24(28)23(18-21-13-8-6-9-14-21)27(25(29)20(2)3)19-22-15-10-7-11-16-22/h6-11,13-16,20,23H,4-5,12,17-19H2,1-3H3,(H,26,28)/t23-/m0/s1. The average Bonchev–Trinajstić information content (AvgIpc) is 2.74. The molecular weight excluding hydrogens is 360 g/mol. The average molecular weight is 395 g/mol. The van der Waals surface area contributed by atoms with Crippen molar-refractivity contribution in [2.45, 2.75) is 59.0 Å². The Balaban J connectivity index is 2.28. The van der Waals surface area contributed by atoms with Crippen LogP contribution in [-0.2, 0) is 22.6 Å². The number of nitrogens with zero attached hydrogens (tertiary/aromatic N) is 1. The van der Waals surface area contributed by atoms with Crippen molar-refractivity contribution < 1.29 is 9.59 Å². The maximum absolute atomic E-state index is 13.2. The van der Waals surface area contributed by atoms with Crippen LogP contribution in [0.2, 0.25) is 0 Å². The van der Waals surface area contributed by atoms with Crippen molar-refractivity contribution in [3.05, 3.63) is 71.8 Å². The fourth-order valence-electron chi connectivity index (χ4n) is 3.34. The van der Waals surface area contributed by atoms with Gasteiger partial charge in [-0.3, -0.25) is 9.59 Å². The summed E-state index contributed by atoms with van der Waals surface area (Å²) in [6, 6.07) is 19.3. The highest BCUT2D eigenvalue weighted by atomic mass is 16.2. The summed E-state index contributed by atoms with van der Waals surface area (Å²) in [5.41, 5.74) is 2.08. The molecule has 2 amide bonds. The fourth-order valence-corrected chi connectivity index (χ4v) is 3.34. The Bertz CT molecular complexity index is 744. The lowest BCUT2D eigenvalue weighted by molar-refractivity contribution is -0.143. The zero-order valence-corrected chi connectivity index (χ0v) is 17.9. The number of carbonyl (C=O) groups excluding carboxylic acids is 2. The largest absolute Gasteiger partial charge is 0.354 e. The predicted octanol–water partition coefficient (Wildman–Crippen LogP) is 4.59. The zero-order valence-electron chi connectivity index (χ0n) is 17.9. The molecule has 2 aromatic carbocycles. The van der Waals surface area contributed by atoms with Crippen LogP contribution in [0.5, 0.6) is 0 Å². The zero-order chi connectivity index (χ0) is 21.1. The van der Waals surface area contributed by atoms with Gasteiger partial charge in [0.2, 0.25) is 11.8 Å². The van der Waals surface area contributed by atoms with Gasteiger partial charge in [-0.2, -0.15) is 0 Å². The first-order chi connectivity index (χ1) is 14.0. The maximum Gasteiger partial charge on any atom is 0.243 e. The van der Waals surface area contributed by atoms with Crippen molar-refractivity contribution in [2.75, 3.05) is 6.54 Å². The maximum atomic E-state index is 13.2. The number of carbonyl (C=O) groups is 2. The van der Waals surface area contributed by atoms with Gasteiger partial charge < -0.3 is 10.2 Å². The minimum absolute atomic E-state index is 0.00140. The fraction of sp³-hybridized carbons (Fsp3) is 0.440. The van der Waals surface area contributed by atoms with E-state index >= 15 is 0 Å². The molecule has 0 radical (unpaired) electrons. The first-order valence-electron chi connectivity index (χ1n) is 10.7. The molecule has 0 fully saturated rings. The van der Waals surface area contributed by atoms with E-state index in [-0.39, 0.29) is 17.7 Å². The van der Waals surface area contributed by atoms with Crippen LogP contribution in [0.1, 0.15) is 51.2 Å². The molecule has 0 heterocycles. The van der Waals surface area contributed by atoms with Crippen molar-refractivity contribution in [2.24, 2.45) is 5.92 Å². The Labute approximate surface area is 175 Å². The summed E-state index contributed by atoms with van der Waals surface area (Å²) in [6.45, 7) is 6.99. The molecule has 4 nitrogen and oxygen atoms in total. The summed E-state index contributed by atoms with van der Waals surface area (Å²) in [4.78, 5) is 28.0.